The van der Waals surface area contributed by atoms with Gasteiger partial charge in [-0.15, -0.1) is 0 Å². The number of imide groups is 1. The van der Waals surface area contributed by atoms with E-state index in [2.05, 4.69) is 44.6 Å². The summed E-state index contributed by atoms with van der Waals surface area (Å²) in [6, 6.07) is 9.19. The number of hydrogen-bond donors (Lipinski definition) is 2. The van der Waals surface area contributed by atoms with E-state index in [9.17, 15) is 14.0 Å². The van der Waals surface area contributed by atoms with Crippen molar-refractivity contribution in [3.05, 3.63) is 58.5 Å². The number of nitrogens with one attached hydrogen (secondary N) is 2. The lowest BCUT2D eigenvalue weighted by Crippen LogP contribution is -2.43. The second-order valence-electron chi connectivity index (χ2n) is 7.71. The molecule has 9 heteroatoms. The van der Waals surface area contributed by atoms with E-state index in [0.29, 0.717) is 16.6 Å². The van der Waals surface area contributed by atoms with Crippen LogP contribution in [0, 0.1) is 12.7 Å². The minimum absolute atomic E-state index is 0.209. The van der Waals surface area contributed by atoms with E-state index in [4.69, 9.17) is 0 Å². The monoisotopic (exact) mass is 449 g/mol. The number of halogens is 1. The molecule has 0 unspecified atom stereocenters. The van der Waals surface area contributed by atoms with Crippen LogP contribution in [0.3, 0.4) is 0 Å². The molecule has 0 spiro atoms. The number of rotatable bonds is 3. The van der Waals surface area contributed by atoms with Crippen LogP contribution < -0.4 is 15.5 Å². The minimum Gasteiger partial charge on any atom is -0.369 e. The zero-order valence-corrected chi connectivity index (χ0v) is 18.1. The second-order valence-corrected chi connectivity index (χ2v) is 8.73. The van der Waals surface area contributed by atoms with Crippen molar-refractivity contribution in [1.82, 2.24) is 20.6 Å². The molecule has 2 aliphatic heterocycles. The fourth-order valence-corrected chi connectivity index (χ4v) is 4.78. The van der Waals surface area contributed by atoms with E-state index in [1.54, 1.807) is 6.07 Å². The summed E-state index contributed by atoms with van der Waals surface area (Å²) in [5, 5.41) is 5.67. The lowest BCUT2D eigenvalue weighted by Gasteiger charge is -2.30. The Morgan fingerprint density at radius 1 is 1.12 bits per heavy atom. The lowest BCUT2D eigenvalue weighted by molar-refractivity contribution is -0.115. The number of anilines is 1. The van der Waals surface area contributed by atoms with E-state index in [-0.39, 0.29) is 10.4 Å². The van der Waals surface area contributed by atoms with Gasteiger partial charge in [0.15, 0.2) is 0 Å². The summed E-state index contributed by atoms with van der Waals surface area (Å²) in [6.07, 6.45) is 2.86. The number of aryl methyl sites for hydroxylation is 1. The number of thioether (sulfide) groups is 1. The van der Waals surface area contributed by atoms with Gasteiger partial charge in [0.1, 0.15) is 17.7 Å². The summed E-state index contributed by atoms with van der Waals surface area (Å²) >= 11 is 0.796. The minimum atomic E-state index is -0.512. The molecule has 3 heterocycles. The highest BCUT2D eigenvalue weighted by atomic mass is 32.2. The first-order valence-corrected chi connectivity index (χ1v) is 11.1. The third kappa shape index (κ3) is 3.85. The molecule has 2 amide bonds. The molecule has 0 aliphatic carbocycles. The van der Waals surface area contributed by atoms with Gasteiger partial charge in [0.25, 0.3) is 11.1 Å². The molecule has 2 aromatic carbocycles. The summed E-state index contributed by atoms with van der Waals surface area (Å²) in [5.41, 5.74) is 4.45. The molecule has 0 saturated carbocycles. The summed E-state index contributed by atoms with van der Waals surface area (Å²) in [7, 11) is 0. The van der Waals surface area contributed by atoms with Crippen LogP contribution in [0.25, 0.3) is 28.2 Å². The number of carbonyl (C=O) groups is 2. The predicted molar refractivity (Wildman–Crippen MR) is 124 cm³/mol. The SMILES string of the molecule is Cc1cc(-c2ncnc3c(F)cc(C=C4SC(=O)NC4=O)cc23)ccc1N1CCNCC1. The summed E-state index contributed by atoms with van der Waals surface area (Å²) in [6.45, 7) is 5.88. The zero-order chi connectivity index (χ0) is 22.2. The maximum Gasteiger partial charge on any atom is 0.290 e. The van der Waals surface area contributed by atoms with Crippen LogP contribution in [0.15, 0.2) is 41.6 Å². The highest BCUT2D eigenvalue weighted by Gasteiger charge is 2.25. The molecule has 1 aromatic heterocycles. The van der Waals surface area contributed by atoms with Crippen molar-refractivity contribution < 1.29 is 14.0 Å². The first-order valence-electron chi connectivity index (χ1n) is 10.3. The smallest absolute Gasteiger partial charge is 0.290 e. The van der Waals surface area contributed by atoms with Crippen LogP contribution >= 0.6 is 11.8 Å². The predicted octanol–water partition coefficient (Wildman–Crippen LogP) is 3.48. The van der Waals surface area contributed by atoms with Gasteiger partial charge >= 0.3 is 0 Å². The number of carbonyl (C=O) groups excluding carboxylic acids is 2. The van der Waals surface area contributed by atoms with Crippen molar-refractivity contribution >= 4 is 45.6 Å². The molecule has 32 heavy (non-hydrogen) atoms. The van der Waals surface area contributed by atoms with Gasteiger partial charge in [0.05, 0.1) is 10.6 Å². The van der Waals surface area contributed by atoms with E-state index in [1.165, 1.54) is 24.2 Å². The van der Waals surface area contributed by atoms with Crippen LogP contribution in [-0.4, -0.2) is 47.3 Å². The van der Waals surface area contributed by atoms with Crippen LogP contribution in [0.4, 0.5) is 14.9 Å². The number of nitrogens with zero attached hydrogens (tertiary/aromatic N) is 3. The van der Waals surface area contributed by atoms with Gasteiger partial charge in [-0.2, -0.15) is 0 Å². The number of benzene rings is 2. The Bertz CT molecular complexity index is 1290. The summed E-state index contributed by atoms with van der Waals surface area (Å²) in [5.74, 6) is -0.994. The largest absolute Gasteiger partial charge is 0.369 e. The third-order valence-corrected chi connectivity index (χ3v) is 6.39. The second kappa shape index (κ2) is 8.33. The fourth-order valence-electron chi connectivity index (χ4n) is 4.09. The van der Waals surface area contributed by atoms with Gasteiger partial charge < -0.3 is 10.2 Å². The normalized spacial score (nSPS) is 17.9. The Labute approximate surface area is 188 Å². The molecule has 5 rings (SSSR count). The number of fused-ring (bicyclic) bond motifs is 1. The van der Waals surface area contributed by atoms with Gasteiger partial charge in [-0.05, 0) is 60.2 Å². The number of amides is 2. The van der Waals surface area contributed by atoms with Crippen LogP contribution in [-0.2, 0) is 4.79 Å². The molecule has 0 radical (unpaired) electrons. The van der Waals surface area contributed by atoms with E-state index in [0.717, 1.165) is 49.1 Å². The van der Waals surface area contributed by atoms with E-state index < -0.39 is 17.0 Å². The fraction of sp³-hybridized carbons (Fsp3) is 0.217. The van der Waals surface area contributed by atoms with Crippen molar-refractivity contribution in [3.8, 4) is 11.3 Å². The maximum absolute atomic E-state index is 14.9. The lowest BCUT2D eigenvalue weighted by atomic mass is 10.0. The van der Waals surface area contributed by atoms with Gasteiger partial charge in [-0.1, -0.05) is 6.07 Å². The quantitative estimate of drug-likeness (QED) is 0.592. The van der Waals surface area contributed by atoms with Crippen molar-refractivity contribution in [2.45, 2.75) is 6.92 Å². The van der Waals surface area contributed by atoms with Gasteiger partial charge in [-0.25, -0.2) is 14.4 Å². The zero-order valence-electron chi connectivity index (χ0n) is 17.3. The molecule has 0 bridgehead atoms. The summed E-state index contributed by atoms with van der Waals surface area (Å²) < 4.78 is 14.9. The first kappa shape index (κ1) is 20.6. The highest BCUT2D eigenvalue weighted by molar-refractivity contribution is 8.18. The van der Waals surface area contributed by atoms with Crippen molar-refractivity contribution in [2.24, 2.45) is 0 Å². The third-order valence-electron chi connectivity index (χ3n) is 5.58. The van der Waals surface area contributed by atoms with Gasteiger partial charge in [-0.3, -0.25) is 14.9 Å². The number of aromatic nitrogens is 2. The molecule has 2 saturated heterocycles. The molecule has 2 aliphatic rings. The summed E-state index contributed by atoms with van der Waals surface area (Å²) in [4.78, 5) is 34.5. The van der Waals surface area contributed by atoms with Crippen LogP contribution in [0.5, 0.6) is 0 Å². The Morgan fingerprint density at radius 2 is 1.94 bits per heavy atom. The van der Waals surface area contributed by atoms with Crippen LogP contribution in [0.2, 0.25) is 0 Å². The average Bonchev–Trinajstić information content (AvgIpc) is 3.10. The molecular formula is C23H20FN5O2S. The molecule has 3 aromatic rings. The molecule has 2 fully saturated rings. The topological polar surface area (TPSA) is 87.2 Å². The Kier molecular flexibility index (Phi) is 5.36. The number of hydrogen-bond acceptors (Lipinski definition) is 7. The van der Waals surface area contributed by atoms with Gasteiger partial charge in [0, 0.05) is 42.8 Å². The van der Waals surface area contributed by atoms with Crippen molar-refractivity contribution in [2.75, 3.05) is 31.1 Å². The van der Waals surface area contributed by atoms with E-state index >= 15 is 0 Å². The molecule has 2 N–H and O–H groups in total. The molecular weight excluding hydrogens is 429 g/mol. The molecule has 162 valence electrons. The highest BCUT2D eigenvalue weighted by Crippen LogP contribution is 2.33. The van der Waals surface area contributed by atoms with Crippen LogP contribution in [0.1, 0.15) is 11.1 Å². The van der Waals surface area contributed by atoms with Gasteiger partial charge in [0.2, 0.25) is 0 Å². The average molecular weight is 450 g/mol. The maximum atomic E-state index is 14.9. The standard InChI is InChI=1S/C23H20FN5O2S/c1-13-8-15(2-3-18(13)29-6-4-25-5-7-29)20-16-9-14(10-17(24)21(16)27-12-26-20)11-19-22(30)28-23(31)32-19/h2-3,8-12,25H,4-7H2,1H3,(H,28,30,31). The van der Waals surface area contributed by atoms with E-state index in [1.807, 2.05) is 6.07 Å². The Hall–Kier alpha value is -3.30. The number of piperazine rings is 1. The first-order chi connectivity index (χ1) is 15.5. The Morgan fingerprint density at radius 3 is 2.66 bits per heavy atom. The molecule has 0 atom stereocenters. The molecule has 7 nitrogen and oxygen atoms in total. The van der Waals surface area contributed by atoms with Crippen molar-refractivity contribution in [3.63, 3.8) is 0 Å². The Balaban J connectivity index is 1.58. The van der Waals surface area contributed by atoms with Crippen molar-refractivity contribution in [1.29, 1.82) is 0 Å².